The molecule has 8 heteroatoms. The number of aromatic nitrogens is 2. The number of nitrogens with zero attached hydrogens (tertiary/aromatic N) is 3. The van der Waals surface area contributed by atoms with Crippen LogP contribution in [0, 0.1) is 11.3 Å². The number of rotatable bonds is 6. The SMILES string of the molecule is CCOC(=O)c1ccc(NC(=O)c2cc(Nc3ccc(C#N)cc3)ncn2)cc1. The van der Waals surface area contributed by atoms with Crippen molar-refractivity contribution in [1.29, 1.82) is 5.26 Å². The van der Waals surface area contributed by atoms with E-state index >= 15 is 0 Å². The normalized spacial score (nSPS) is 9.93. The van der Waals surface area contributed by atoms with Gasteiger partial charge in [0.25, 0.3) is 5.91 Å². The molecule has 0 saturated heterocycles. The minimum Gasteiger partial charge on any atom is -0.462 e. The maximum atomic E-state index is 12.5. The van der Waals surface area contributed by atoms with Gasteiger partial charge < -0.3 is 15.4 Å². The zero-order valence-electron chi connectivity index (χ0n) is 15.5. The number of benzene rings is 2. The van der Waals surface area contributed by atoms with Crippen molar-refractivity contribution in [1.82, 2.24) is 9.97 Å². The number of carbonyl (C=O) groups excluding carboxylic acids is 2. The molecule has 1 aromatic heterocycles. The highest BCUT2D eigenvalue weighted by Crippen LogP contribution is 2.16. The molecule has 0 radical (unpaired) electrons. The van der Waals surface area contributed by atoms with Crippen LogP contribution in [0.1, 0.15) is 33.3 Å². The first-order valence-corrected chi connectivity index (χ1v) is 8.77. The molecule has 0 aliphatic rings. The fourth-order valence-corrected chi connectivity index (χ4v) is 2.43. The zero-order chi connectivity index (χ0) is 20.6. The van der Waals surface area contributed by atoms with Gasteiger partial charge in [-0.3, -0.25) is 4.79 Å². The van der Waals surface area contributed by atoms with Gasteiger partial charge in [-0.2, -0.15) is 5.26 Å². The lowest BCUT2D eigenvalue weighted by molar-refractivity contribution is 0.0526. The molecule has 0 unspecified atom stereocenters. The number of esters is 1. The van der Waals surface area contributed by atoms with Gasteiger partial charge in [0, 0.05) is 17.4 Å². The molecule has 0 saturated carbocycles. The van der Waals surface area contributed by atoms with Crippen molar-refractivity contribution in [3.8, 4) is 6.07 Å². The van der Waals surface area contributed by atoms with Gasteiger partial charge in [0.2, 0.25) is 0 Å². The maximum absolute atomic E-state index is 12.5. The molecule has 0 fully saturated rings. The molecule has 0 aliphatic heterocycles. The third kappa shape index (κ3) is 5.14. The van der Waals surface area contributed by atoms with Crippen LogP contribution in [0.2, 0.25) is 0 Å². The quantitative estimate of drug-likeness (QED) is 0.621. The van der Waals surface area contributed by atoms with Crippen molar-refractivity contribution < 1.29 is 14.3 Å². The van der Waals surface area contributed by atoms with E-state index in [1.807, 2.05) is 6.07 Å². The summed E-state index contributed by atoms with van der Waals surface area (Å²) in [6.45, 7) is 2.03. The summed E-state index contributed by atoms with van der Waals surface area (Å²) in [6, 6.07) is 16.8. The predicted octanol–water partition coefficient (Wildman–Crippen LogP) is 3.52. The average Bonchev–Trinajstić information content (AvgIpc) is 2.75. The molecule has 3 aromatic rings. The summed E-state index contributed by atoms with van der Waals surface area (Å²) in [6.07, 6.45) is 1.28. The molecule has 0 atom stereocenters. The second kappa shape index (κ2) is 9.10. The maximum Gasteiger partial charge on any atom is 0.338 e. The van der Waals surface area contributed by atoms with E-state index in [9.17, 15) is 9.59 Å². The van der Waals surface area contributed by atoms with E-state index < -0.39 is 11.9 Å². The van der Waals surface area contributed by atoms with Crippen LogP contribution in [0.5, 0.6) is 0 Å². The van der Waals surface area contributed by atoms with Crippen molar-refractivity contribution in [2.24, 2.45) is 0 Å². The third-order valence-electron chi connectivity index (χ3n) is 3.84. The smallest absolute Gasteiger partial charge is 0.338 e. The van der Waals surface area contributed by atoms with Crippen molar-refractivity contribution >= 4 is 29.1 Å². The highest BCUT2D eigenvalue weighted by atomic mass is 16.5. The van der Waals surface area contributed by atoms with E-state index in [4.69, 9.17) is 10.00 Å². The van der Waals surface area contributed by atoms with E-state index in [2.05, 4.69) is 20.6 Å². The number of ether oxygens (including phenoxy) is 1. The Labute approximate surface area is 167 Å². The van der Waals surface area contributed by atoms with E-state index in [1.54, 1.807) is 55.5 Å². The van der Waals surface area contributed by atoms with Gasteiger partial charge in [0.15, 0.2) is 0 Å². The van der Waals surface area contributed by atoms with E-state index in [0.717, 1.165) is 5.69 Å². The highest BCUT2D eigenvalue weighted by molar-refractivity contribution is 6.03. The minimum absolute atomic E-state index is 0.172. The highest BCUT2D eigenvalue weighted by Gasteiger charge is 2.11. The number of amides is 1. The lowest BCUT2D eigenvalue weighted by atomic mass is 10.2. The Morgan fingerprint density at radius 1 is 1.03 bits per heavy atom. The number of hydrogen-bond acceptors (Lipinski definition) is 7. The fraction of sp³-hybridized carbons (Fsp3) is 0.0952. The van der Waals surface area contributed by atoms with Crippen LogP contribution in [0.3, 0.4) is 0 Å². The number of hydrogen-bond donors (Lipinski definition) is 2. The molecule has 0 spiro atoms. The minimum atomic E-state index is -0.417. The van der Waals surface area contributed by atoms with Gasteiger partial charge in [-0.15, -0.1) is 0 Å². The van der Waals surface area contributed by atoms with Crippen LogP contribution in [-0.2, 0) is 4.74 Å². The molecular weight excluding hydrogens is 370 g/mol. The summed E-state index contributed by atoms with van der Waals surface area (Å²) in [7, 11) is 0. The number of carbonyl (C=O) groups is 2. The second-order valence-corrected chi connectivity index (χ2v) is 5.85. The van der Waals surface area contributed by atoms with Gasteiger partial charge in [0.1, 0.15) is 17.8 Å². The average molecular weight is 387 g/mol. The Hall–Kier alpha value is -4.25. The van der Waals surface area contributed by atoms with Crippen molar-refractivity contribution in [2.75, 3.05) is 17.2 Å². The van der Waals surface area contributed by atoms with Crippen LogP contribution in [-0.4, -0.2) is 28.5 Å². The Bertz CT molecular complexity index is 1060. The third-order valence-corrected chi connectivity index (χ3v) is 3.84. The Kier molecular flexibility index (Phi) is 6.12. The molecule has 2 N–H and O–H groups in total. The first-order chi connectivity index (χ1) is 14.1. The molecule has 0 bridgehead atoms. The Morgan fingerprint density at radius 3 is 2.38 bits per heavy atom. The standard InChI is InChI=1S/C21H17N5O3/c1-2-29-21(28)15-5-9-17(10-6-15)26-20(27)18-11-19(24-13-23-18)25-16-7-3-14(12-22)4-8-16/h3-11,13H,2H2,1H3,(H,26,27)(H,23,24,25). The van der Waals surface area contributed by atoms with Gasteiger partial charge in [-0.1, -0.05) is 0 Å². The number of anilines is 3. The van der Waals surface area contributed by atoms with Crippen molar-refractivity contribution in [3.05, 3.63) is 77.7 Å². The molecule has 1 amide bonds. The van der Waals surface area contributed by atoms with E-state index in [1.165, 1.54) is 12.4 Å². The number of nitrogens with one attached hydrogen (secondary N) is 2. The topological polar surface area (TPSA) is 117 Å². The van der Waals surface area contributed by atoms with E-state index in [-0.39, 0.29) is 5.69 Å². The zero-order valence-corrected chi connectivity index (χ0v) is 15.5. The summed E-state index contributed by atoms with van der Waals surface area (Å²) in [5.41, 5.74) is 2.37. The molecule has 2 aromatic carbocycles. The monoisotopic (exact) mass is 387 g/mol. The van der Waals surface area contributed by atoms with Gasteiger partial charge in [0.05, 0.1) is 23.8 Å². The summed E-state index contributed by atoms with van der Waals surface area (Å²) in [5.74, 6) is -0.397. The Balaban J connectivity index is 1.67. The van der Waals surface area contributed by atoms with Crippen LogP contribution < -0.4 is 10.6 Å². The molecule has 0 aliphatic carbocycles. The molecule has 29 heavy (non-hydrogen) atoms. The fourth-order valence-electron chi connectivity index (χ4n) is 2.43. The Morgan fingerprint density at radius 2 is 1.72 bits per heavy atom. The molecule has 3 rings (SSSR count). The molecular formula is C21H17N5O3. The summed E-state index contributed by atoms with van der Waals surface area (Å²) in [5, 5.41) is 14.6. The number of nitriles is 1. The van der Waals surface area contributed by atoms with Crippen LogP contribution in [0.15, 0.2) is 60.9 Å². The van der Waals surface area contributed by atoms with E-state index in [0.29, 0.717) is 29.2 Å². The summed E-state index contributed by atoms with van der Waals surface area (Å²) < 4.78 is 4.93. The van der Waals surface area contributed by atoms with Crippen molar-refractivity contribution in [2.45, 2.75) is 6.92 Å². The van der Waals surface area contributed by atoms with Crippen LogP contribution in [0.4, 0.5) is 17.2 Å². The summed E-state index contributed by atoms with van der Waals surface area (Å²) in [4.78, 5) is 32.2. The first-order valence-electron chi connectivity index (χ1n) is 8.77. The first kappa shape index (κ1) is 19.5. The molecule has 144 valence electrons. The van der Waals surface area contributed by atoms with Crippen LogP contribution >= 0.6 is 0 Å². The predicted molar refractivity (Wildman–Crippen MR) is 107 cm³/mol. The molecule has 8 nitrogen and oxygen atoms in total. The summed E-state index contributed by atoms with van der Waals surface area (Å²) >= 11 is 0. The largest absolute Gasteiger partial charge is 0.462 e. The van der Waals surface area contributed by atoms with Gasteiger partial charge in [-0.05, 0) is 55.5 Å². The van der Waals surface area contributed by atoms with Crippen LogP contribution in [0.25, 0.3) is 0 Å². The van der Waals surface area contributed by atoms with Gasteiger partial charge in [-0.25, -0.2) is 14.8 Å². The van der Waals surface area contributed by atoms with Gasteiger partial charge >= 0.3 is 5.97 Å². The lowest BCUT2D eigenvalue weighted by Crippen LogP contribution is -2.14. The molecule has 1 heterocycles. The second-order valence-electron chi connectivity index (χ2n) is 5.85. The van der Waals surface area contributed by atoms with Crippen molar-refractivity contribution in [3.63, 3.8) is 0 Å². The lowest BCUT2D eigenvalue weighted by Gasteiger charge is -2.08.